The third-order valence-corrected chi connectivity index (χ3v) is 4.02. The van der Waals surface area contributed by atoms with Crippen LogP contribution in [-0.4, -0.2) is 22.2 Å². The number of pyridine rings is 1. The van der Waals surface area contributed by atoms with Gasteiger partial charge in [0.2, 0.25) is 0 Å². The molecule has 0 amide bonds. The molecule has 7 heteroatoms. The van der Waals surface area contributed by atoms with Crippen LogP contribution >= 0.6 is 0 Å². The zero-order valence-electron chi connectivity index (χ0n) is 13.0. The number of allylic oxidation sites excluding steroid dienone is 1. The van der Waals surface area contributed by atoms with E-state index in [1.54, 1.807) is 30.7 Å². The minimum atomic E-state index is -4.42. The third kappa shape index (κ3) is 2.77. The van der Waals surface area contributed by atoms with Gasteiger partial charge in [0.05, 0.1) is 23.5 Å². The monoisotopic (exact) mass is 342 g/mol. The second-order valence-electron chi connectivity index (χ2n) is 5.55. The van der Waals surface area contributed by atoms with E-state index in [0.29, 0.717) is 18.1 Å². The first-order valence-corrected chi connectivity index (χ1v) is 7.64. The van der Waals surface area contributed by atoms with Crippen molar-refractivity contribution in [3.63, 3.8) is 0 Å². The molecule has 25 heavy (non-hydrogen) atoms. The molecule has 0 saturated carbocycles. The van der Waals surface area contributed by atoms with Gasteiger partial charge in [-0.1, -0.05) is 18.2 Å². The molecule has 0 N–H and O–H groups in total. The molecular formula is C18H13F3N4. The molecular weight excluding hydrogens is 329 g/mol. The van der Waals surface area contributed by atoms with E-state index in [0.717, 1.165) is 11.8 Å². The molecule has 2 aromatic rings. The molecule has 0 spiro atoms. The average Bonchev–Trinajstić information content (AvgIpc) is 3.05. The fourth-order valence-corrected chi connectivity index (χ4v) is 2.88. The number of hydrogen-bond donors (Lipinski definition) is 0. The summed E-state index contributed by atoms with van der Waals surface area (Å²) in [6.07, 6.45) is 4.16. The van der Waals surface area contributed by atoms with E-state index in [4.69, 9.17) is 0 Å². The van der Waals surface area contributed by atoms with Crippen molar-refractivity contribution in [3.05, 3.63) is 84.1 Å². The first kappa shape index (κ1) is 15.4. The number of alkyl halides is 3. The van der Waals surface area contributed by atoms with Gasteiger partial charge >= 0.3 is 6.18 Å². The van der Waals surface area contributed by atoms with Crippen LogP contribution in [0.15, 0.2) is 78.0 Å². The molecule has 0 unspecified atom stereocenters. The van der Waals surface area contributed by atoms with Crippen LogP contribution < -0.4 is 5.01 Å². The van der Waals surface area contributed by atoms with E-state index >= 15 is 0 Å². The van der Waals surface area contributed by atoms with E-state index in [-0.39, 0.29) is 5.56 Å². The topological polar surface area (TPSA) is 31.7 Å². The highest BCUT2D eigenvalue weighted by Crippen LogP contribution is 2.34. The minimum absolute atomic E-state index is 0.0779. The zero-order valence-corrected chi connectivity index (χ0v) is 13.0. The minimum Gasteiger partial charge on any atom is -0.276 e. The van der Waals surface area contributed by atoms with E-state index in [1.165, 1.54) is 12.1 Å². The van der Waals surface area contributed by atoms with E-state index in [9.17, 15) is 13.2 Å². The van der Waals surface area contributed by atoms with Gasteiger partial charge in [-0.15, -0.1) is 0 Å². The molecule has 0 atom stereocenters. The highest BCUT2D eigenvalue weighted by atomic mass is 19.4. The quantitative estimate of drug-likeness (QED) is 0.827. The predicted molar refractivity (Wildman–Crippen MR) is 88.6 cm³/mol. The number of fused-ring (bicyclic) bond motifs is 1. The first-order valence-electron chi connectivity index (χ1n) is 7.64. The fourth-order valence-electron chi connectivity index (χ4n) is 2.88. The Morgan fingerprint density at radius 3 is 2.52 bits per heavy atom. The Morgan fingerprint density at radius 1 is 1.00 bits per heavy atom. The first-order chi connectivity index (χ1) is 12.0. The summed E-state index contributed by atoms with van der Waals surface area (Å²) in [5, 5.41) is 3.78. The van der Waals surface area contributed by atoms with Gasteiger partial charge in [-0.2, -0.15) is 13.2 Å². The van der Waals surface area contributed by atoms with Crippen molar-refractivity contribution in [3.8, 4) is 0 Å². The third-order valence-electron chi connectivity index (χ3n) is 4.02. The number of rotatable bonds is 2. The lowest BCUT2D eigenvalue weighted by molar-refractivity contribution is -0.137. The predicted octanol–water partition coefficient (Wildman–Crippen LogP) is 4.00. The van der Waals surface area contributed by atoms with Crippen molar-refractivity contribution < 1.29 is 13.2 Å². The summed E-state index contributed by atoms with van der Waals surface area (Å²) in [7, 11) is 0. The number of hydrogen-bond acceptors (Lipinski definition) is 4. The van der Waals surface area contributed by atoms with Crippen LogP contribution in [0.25, 0.3) is 0 Å². The molecule has 126 valence electrons. The second kappa shape index (κ2) is 5.77. The summed E-state index contributed by atoms with van der Waals surface area (Å²) in [5.74, 6) is 0.603. The molecule has 3 heterocycles. The normalized spacial score (nSPS) is 16.6. The van der Waals surface area contributed by atoms with Gasteiger partial charge in [-0.05, 0) is 30.4 Å². The Balaban J connectivity index is 1.67. The Hall–Kier alpha value is -3.09. The number of halogens is 3. The van der Waals surface area contributed by atoms with Crippen LogP contribution in [0.1, 0.15) is 11.1 Å². The van der Waals surface area contributed by atoms with Crippen molar-refractivity contribution in [1.82, 2.24) is 9.99 Å². The van der Waals surface area contributed by atoms with Crippen LogP contribution in [0.5, 0.6) is 0 Å². The van der Waals surface area contributed by atoms with Crippen molar-refractivity contribution in [2.24, 2.45) is 4.99 Å². The van der Waals surface area contributed by atoms with Gasteiger partial charge in [-0.25, -0.2) is 10.0 Å². The molecule has 1 aromatic heterocycles. The molecule has 4 nitrogen and oxygen atoms in total. The number of anilines is 1. The summed E-state index contributed by atoms with van der Waals surface area (Å²) < 4.78 is 39.7. The number of benzene rings is 1. The van der Waals surface area contributed by atoms with E-state index < -0.39 is 11.7 Å². The fraction of sp³-hybridized carbons (Fsp3) is 0.111. The Morgan fingerprint density at radius 2 is 1.76 bits per heavy atom. The van der Waals surface area contributed by atoms with Gasteiger partial charge in [0.15, 0.2) is 0 Å². The molecule has 0 aliphatic carbocycles. The SMILES string of the molecule is FC(F)(F)c1ccccc1C1=NC2=CCN(c3ccncc3)N2C=C1. The number of aromatic nitrogens is 1. The van der Waals surface area contributed by atoms with Crippen molar-refractivity contribution >= 4 is 11.4 Å². The maximum atomic E-state index is 13.2. The van der Waals surface area contributed by atoms with Gasteiger partial charge in [0.1, 0.15) is 5.82 Å². The largest absolute Gasteiger partial charge is 0.417 e. The zero-order chi connectivity index (χ0) is 17.4. The number of nitrogens with zero attached hydrogens (tertiary/aromatic N) is 4. The van der Waals surface area contributed by atoms with Crippen LogP contribution in [-0.2, 0) is 6.18 Å². The molecule has 0 radical (unpaired) electrons. The van der Waals surface area contributed by atoms with Crippen molar-refractivity contribution in [1.29, 1.82) is 0 Å². The van der Waals surface area contributed by atoms with Crippen molar-refractivity contribution in [2.45, 2.75) is 6.18 Å². The molecule has 1 aromatic carbocycles. The highest BCUT2D eigenvalue weighted by molar-refractivity contribution is 6.10. The maximum Gasteiger partial charge on any atom is 0.417 e. The maximum absolute atomic E-state index is 13.2. The molecule has 4 rings (SSSR count). The van der Waals surface area contributed by atoms with Gasteiger partial charge in [-0.3, -0.25) is 9.99 Å². The molecule has 0 bridgehead atoms. The Kier molecular flexibility index (Phi) is 3.56. The lowest BCUT2D eigenvalue weighted by atomic mass is 10.0. The van der Waals surface area contributed by atoms with Crippen LogP contribution in [0, 0.1) is 0 Å². The lowest BCUT2D eigenvalue weighted by Gasteiger charge is -2.31. The standard InChI is InChI=1S/C18H13F3N4/c19-18(20,21)15-4-2-1-3-14(15)16-7-11-25-17(23-16)8-12-24(25)13-5-9-22-10-6-13/h1-11H,12H2. The summed E-state index contributed by atoms with van der Waals surface area (Å²) in [6.45, 7) is 0.585. The Bertz CT molecular complexity index is 885. The smallest absolute Gasteiger partial charge is 0.276 e. The van der Waals surface area contributed by atoms with Gasteiger partial charge < -0.3 is 0 Å². The van der Waals surface area contributed by atoms with Gasteiger partial charge in [0.25, 0.3) is 0 Å². The lowest BCUT2D eigenvalue weighted by Crippen LogP contribution is -2.34. The van der Waals surface area contributed by atoms with Gasteiger partial charge in [0, 0.05) is 24.2 Å². The van der Waals surface area contributed by atoms with E-state index in [1.807, 2.05) is 28.2 Å². The average molecular weight is 342 g/mol. The molecule has 2 aliphatic rings. The number of hydrazine groups is 1. The van der Waals surface area contributed by atoms with Crippen LogP contribution in [0.3, 0.4) is 0 Å². The van der Waals surface area contributed by atoms with E-state index in [2.05, 4.69) is 9.98 Å². The highest BCUT2D eigenvalue weighted by Gasteiger charge is 2.35. The Labute approximate surface area is 142 Å². The molecule has 0 fully saturated rings. The summed E-state index contributed by atoms with van der Waals surface area (Å²) in [6, 6.07) is 9.21. The molecule has 2 aliphatic heterocycles. The summed E-state index contributed by atoms with van der Waals surface area (Å²) >= 11 is 0. The van der Waals surface area contributed by atoms with Crippen molar-refractivity contribution in [2.75, 3.05) is 11.6 Å². The van der Waals surface area contributed by atoms with Crippen LogP contribution in [0.2, 0.25) is 0 Å². The second-order valence-corrected chi connectivity index (χ2v) is 5.55. The summed E-state index contributed by atoms with van der Waals surface area (Å²) in [5.41, 5.74) is 0.623. The van der Waals surface area contributed by atoms with Crippen LogP contribution in [0.4, 0.5) is 18.9 Å². The summed E-state index contributed by atoms with van der Waals surface area (Å²) in [4.78, 5) is 8.41. The molecule has 0 saturated heterocycles. The number of aliphatic imine (C=N–C) groups is 1.